The maximum Gasteiger partial charge on any atom is 0.303 e. The Hall–Kier alpha value is -1.89. The van der Waals surface area contributed by atoms with Gasteiger partial charge in [-0.15, -0.1) is 0 Å². The third kappa shape index (κ3) is 18.6. The van der Waals surface area contributed by atoms with E-state index in [2.05, 4.69) is 19.1 Å². The van der Waals surface area contributed by atoms with E-state index in [4.69, 9.17) is 15.3 Å². The first-order valence-corrected chi connectivity index (χ1v) is 12.0. The summed E-state index contributed by atoms with van der Waals surface area (Å²) in [4.78, 5) is 32.9. The molecule has 180 valence electrons. The lowest BCUT2D eigenvalue weighted by Crippen LogP contribution is -2.50. The highest BCUT2D eigenvalue weighted by molar-refractivity contribution is 5.67. The summed E-state index contributed by atoms with van der Waals surface area (Å²) in [6, 6.07) is 0. The highest BCUT2D eigenvalue weighted by Gasteiger charge is 2.26. The molecule has 0 aromatic rings. The van der Waals surface area contributed by atoms with Crippen molar-refractivity contribution in [3.63, 3.8) is 0 Å². The number of quaternary nitrogens is 1. The third-order valence-electron chi connectivity index (χ3n) is 5.70. The van der Waals surface area contributed by atoms with Gasteiger partial charge in [-0.05, 0) is 18.9 Å². The molecule has 0 aromatic carbocycles. The minimum atomic E-state index is -0.844. The minimum absolute atomic E-state index is 0.0691. The van der Waals surface area contributed by atoms with Gasteiger partial charge >= 0.3 is 17.9 Å². The van der Waals surface area contributed by atoms with Gasteiger partial charge in [-0.3, -0.25) is 14.4 Å². The fraction of sp³-hybridized carbons (Fsp3) is 0.792. The number of carbonyl (C=O) groups is 3. The Morgan fingerprint density at radius 1 is 0.613 bits per heavy atom. The topological polar surface area (TPSA) is 112 Å². The number of nitrogens with zero attached hydrogens (tertiary/aromatic N) is 1. The molecule has 7 nitrogen and oxygen atoms in total. The summed E-state index contributed by atoms with van der Waals surface area (Å²) in [5, 5.41) is 27.0. The van der Waals surface area contributed by atoms with Gasteiger partial charge in [0.1, 0.15) is 0 Å². The van der Waals surface area contributed by atoms with Crippen LogP contribution in [-0.4, -0.2) is 63.9 Å². The molecular weight excluding hydrogens is 398 g/mol. The van der Waals surface area contributed by atoms with Crippen LogP contribution in [0, 0.1) is 0 Å². The van der Waals surface area contributed by atoms with Crippen molar-refractivity contribution in [3.05, 3.63) is 12.2 Å². The Morgan fingerprint density at radius 3 is 1.45 bits per heavy atom. The second-order valence-corrected chi connectivity index (χ2v) is 8.57. The fourth-order valence-corrected chi connectivity index (χ4v) is 3.94. The maximum atomic E-state index is 11.0. The van der Waals surface area contributed by atoms with Crippen molar-refractivity contribution in [2.75, 3.05) is 26.2 Å². The van der Waals surface area contributed by atoms with Crippen LogP contribution in [0.1, 0.15) is 96.8 Å². The van der Waals surface area contributed by atoms with Crippen molar-refractivity contribution in [2.24, 2.45) is 0 Å². The van der Waals surface area contributed by atoms with Crippen LogP contribution in [0.4, 0.5) is 0 Å². The molecule has 3 N–H and O–H groups in total. The minimum Gasteiger partial charge on any atom is -0.481 e. The first kappa shape index (κ1) is 29.1. The zero-order valence-corrected chi connectivity index (χ0v) is 19.4. The number of carboxylic acid groups (broad SMARTS) is 3. The monoisotopic (exact) mass is 442 g/mol. The first-order chi connectivity index (χ1) is 14.8. The van der Waals surface area contributed by atoms with Crippen molar-refractivity contribution in [3.8, 4) is 0 Å². The van der Waals surface area contributed by atoms with Gasteiger partial charge < -0.3 is 19.8 Å². The summed E-state index contributed by atoms with van der Waals surface area (Å²) in [5.41, 5.74) is 0. The standard InChI is InChI=1S/C24H43NO6/c1-2-3-4-5-6-7-8-9-10-11-18-25(19-12-15-22(26)27,20-13-16-23(28)29)21-14-17-24(30)31/h10-11H,2-9,12-21H2,1H3,(H2-,26,27,28,29,30,31)/p+1/b11-10+. The van der Waals surface area contributed by atoms with E-state index in [1.54, 1.807) is 0 Å². The number of rotatable bonds is 22. The number of aliphatic carboxylic acids is 3. The van der Waals surface area contributed by atoms with E-state index < -0.39 is 17.9 Å². The zero-order valence-electron chi connectivity index (χ0n) is 19.4. The molecule has 0 aliphatic carbocycles. The molecule has 0 amide bonds. The van der Waals surface area contributed by atoms with Crippen molar-refractivity contribution < 1.29 is 34.2 Å². The van der Waals surface area contributed by atoms with Crippen LogP contribution in [0.3, 0.4) is 0 Å². The van der Waals surface area contributed by atoms with Crippen molar-refractivity contribution in [1.82, 2.24) is 0 Å². The molecule has 0 radical (unpaired) electrons. The fourth-order valence-electron chi connectivity index (χ4n) is 3.94. The van der Waals surface area contributed by atoms with Gasteiger partial charge in [0.2, 0.25) is 0 Å². The SMILES string of the molecule is CCCCCCCCC/C=C/C[N+](CCCC(=O)O)(CCCC(=O)O)CCCC(=O)O. The van der Waals surface area contributed by atoms with E-state index in [1.807, 2.05) is 0 Å². The van der Waals surface area contributed by atoms with Gasteiger partial charge in [0.05, 0.1) is 45.4 Å². The van der Waals surface area contributed by atoms with Gasteiger partial charge in [0.15, 0.2) is 0 Å². The Labute approximate surface area is 187 Å². The number of carboxylic acids is 3. The summed E-state index contributed by atoms with van der Waals surface area (Å²) in [7, 11) is 0. The van der Waals surface area contributed by atoms with Crippen LogP contribution < -0.4 is 0 Å². The molecule has 0 unspecified atom stereocenters. The molecule has 0 aromatic heterocycles. The first-order valence-electron chi connectivity index (χ1n) is 12.0. The Bertz CT molecular complexity index is 482. The van der Waals surface area contributed by atoms with Gasteiger partial charge in [0, 0.05) is 19.3 Å². The van der Waals surface area contributed by atoms with Crippen LogP contribution in [-0.2, 0) is 14.4 Å². The van der Waals surface area contributed by atoms with Crippen LogP contribution in [0.2, 0.25) is 0 Å². The number of unbranched alkanes of at least 4 members (excludes halogenated alkanes) is 7. The smallest absolute Gasteiger partial charge is 0.303 e. The molecule has 0 atom stereocenters. The van der Waals surface area contributed by atoms with Crippen LogP contribution in [0.15, 0.2) is 12.2 Å². The number of hydrogen-bond acceptors (Lipinski definition) is 3. The summed E-state index contributed by atoms with van der Waals surface area (Å²) < 4.78 is 0.557. The van der Waals surface area contributed by atoms with Crippen molar-refractivity contribution >= 4 is 17.9 Å². The van der Waals surface area contributed by atoms with Crippen molar-refractivity contribution in [2.45, 2.75) is 96.8 Å². The summed E-state index contributed by atoms with van der Waals surface area (Å²) in [5.74, 6) is -2.53. The van der Waals surface area contributed by atoms with E-state index in [9.17, 15) is 14.4 Å². The second kappa shape index (κ2) is 18.8. The van der Waals surface area contributed by atoms with E-state index in [0.29, 0.717) is 49.9 Å². The van der Waals surface area contributed by atoms with E-state index in [-0.39, 0.29) is 19.3 Å². The molecule has 0 rings (SSSR count). The lowest BCUT2D eigenvalue weighted by Gasteiger charge is -2.38. The molecule has 0 aliphatic heterocycles. The van der Waals surface area contributed by atoms with Crippen LogP contribution >= 0.6 is 0 Å². The largest absolute Gasteiger partial charge is 0.481 e. The predicted molar refractivity (Wildman–Crippen MR) is 122 cm³/mol. The molecule has 0 saturated heterocycles. The number of allylic oxidation sites excluding steroid dienone is 1. The molecule has 7 heteroatoms. The average molecular weight is 443 g/mol. The molecule has 0 spiro atoms. The van der Waals surface area contributed by atoms with E-state index >= 15 is 0 Å². The van der Waals surface area contributed by atoms with Gasteiger partial charge in [-0.25, -0.2) is 0 Å². The normalized spacial score (nSPS) is 11.8. The quantitative estimate of drug-likeness (QED) is 0.122. The lowest BCUT2D eigenvalue weighted by atomic mass is 10.1. The summed E-state index contributed by atoms with van der Waals surface area (Å²) in [6.45, 7) is 4.76. The van der Waals surface area contributed by atoms with Gasteiger partial charge in [0.25, 0.3) is 0 Å². The second-order valence-electron chi connectivity index (χ2n) is 8.57. The maximum absolute atomic E-state index is 11.0. The Morgan fingerprint density at radius 2 is 1.03 bits per heavy atom. The van der Waals surface area contributed by atoms with Crippen LogP contribution in [0.25, 0.3) is 0 Å². The molecule has 0 bridgehead atoms. The third-order valence-corrected chi connectivity index (χ3v) is 5.70. The van der Waals surface area contributed by atoms with E-state index in [0.717, 1.165) is 12.8 Å². The molecule has 0 aliphatic rings. The average Bonchev–Trinajstić information content (AvgIpc) is 2.68. The predicted octanol–water partition coefficient (Wildman–Crippen LogP) is 5.09. The van der Waals surface area contributed by atoms with Crippen molar-refractivity contribution in [1.29, 1.82) is 0 Å². The molecule has 0 fully saturated rings. The molecule has 0 heterocycles. The van der Waals surface area contributed by atoms with Gasteiger partial charge in [-0.2, -0.15) is 0 Å². The number of hydrogen-bond donors (Lipinski definition) is 3. The molecular formula is C24H44NO6+. The van der Waals surface area contributed by atoms with Crippen LogP contribution in [0.5, 0.6) is 0 Å². The summed E-state index contributed by atoms with van der Waals surface area (Å²) in [6.07, 6.45) is 15.8. The highest BCUT2D eigenvalue weighted by Crippen LogP contribution is 2.16. The Balaban J connectivity index is 4.76. The lowest BCUT2D eigenvalue weighted by molar-refractivity contribution is -0.923. The Kier molecular flexibility index (Phi) is 17.7. The molecule has 0 saturated carbocycles. The van der Waals surface area contributed by atoms with E-state index in [1.165, 1.54) is 38.5 Å². The zero-order chi connectivity index (χ0) is 23.4. The highest BCUT2D eigenvalue weighted by atomic mass is 16.4. The summed E-state index contributed by atoms with van der Waals surface area (Å²) >= 11 is 0. The van der Waals surface area contributed by atoms with Gasteiger partial charge in [-0.1, -0.05) is 51.5 Å². The molecule has 31 heavy (non-hydrogen) atoms.